The van der Waals surface area contributed by atoms with Crippen molar-refractivity contribution in [3.8, 4) is 11.5 Å². The van der Waals surface area contributed by atoms with Crippen LogP contribution in [0.25, 0.3) is 0 Å². The molecule has 5 rings (SSSR count). The molecule has 29 heavy (non-hydrogen) atoms. The normalized spacial score (nSPS) is 28.1. The van der Waals surface area contributed by atoms with Gasteiger partial charge in [-0.15, -0.1) is 0 Å². The molecule has 0 aliphatic carbocycles. The summed E-state index contributed by atoms with van der Waals surface area (Å²) in [5.74, 6) is 2.18. The minimum Gasteiger partial charge on any atom is -0.486 e. The molecule has 0 aromatic heterocycles. The molecule has 0 bridgehead atoms. The molecule has 7 nitrogen and oxygen atoms in total. The molecule has 7 heteroatoms. The van der Waals surface area contributed by atoms with Gasteiger partial charge < -0.3 is 23.8 Å². The summed E-state index contributed by atoms with van der Waals surface area (Å²) in [5.41, 5.74) is 1.14. The monoisotopic (exact) mass is 402 g/mol. The van der Waals surface area contributed by atoms with Crippen LogP contribution in [0.15, 0.2) is 18.2 Å². The SMILES string of the molecule is O=C(CN1CCCC(C2OCCO2)C1)N1CCCC1c1ccc2c(c1)OCCO2. The van der Waals surface area contributed by atoms with E-state index in [1.807, 2.05) is 6.07 Å². The second-order valence-electron chi connectivity index (χ2n) is 8.40. The zero-order valence-electron chi connectivity index (χ0n) is 16.9. The third kappa shape index (κ3) is 4.09. The molecule has 0 saturated carbocycles. The summed E-state index contributed by atoms with van der Waals surface area (Å²) in [6.07, 6.45) is 4.14. The first-order valence-corrected chi connectivity index (χ1v) is 10.9. The number of ether oxygens (including phenoxy) is 4. The summed E-state index contributed by atoms with van der Waals surface area (Å²) in [6.45, 7) is 5.68. The number of carbonyl (C=O) groups excluding carboxylic acids is 1. The molecular formula is C22H30N2O5. The Bertz CT molecular complexity index is 736. The molecule has 0 N–H and O–H groups in total. The van der Waals surface area contributed by atoms with Crippen molar-refractivity contribution in [1.29, 1.82) is 0 Å². The van der Waals surface area contributed by atoms with Gasteiger partial charge in [-0.05, 0) is 49.9 Å². The van der Waals surface area contributed by atoms with Gasteiger partial charge in [0, 0.05) is 19.0 Å². The Hall–Kier alpha value is -1.83. The summed E-state index contributed by atoms with van der Waals surface area (Å²) >= 11 is 0. The van der Waals surface area contributed by atoms with E-state index >= 15 is 0 Å². The Kier molecular flexibility index (Phi) is 5.61. The fourth-order valence-electron chi connectivity index (χ4n) is 5.07. The maximum atomic E-state index is 13.2. The number of carbonyl (C=O) groups is 1. The number of hydrogen-bond acceptors (Lipinski definition) is 6. The number of hydrogen-bond donors (Lipinski definition) is 0. The summed E-state index contributed by atoms with van der Waals surface area (Å²) in [7, 11) is 0. The number of piperidine rings is 1. The first-order chi connectivity index (χ1) is 14.3. The average molecular weight is 402 g/mol. The zero-order chi connectivity index (χ0) is 19.6. The highest BCUT2D eigenvalue weighted by molar-refractivity contribution is 5.79. The van der Waals surface area contributed by atoms with Gasteiger partial charge in [-0.3, -0.25) is 9.69 Å². The fourth-order valence-corrected chi connectivity index (χ4v) is 5.07. The molecule has 1 aromatic carbocycles. The van der Waals surface area contributed by atoms with Crippen molar-refractivity contribution in [2.75, 3.05) is 52.6 Å². The Balaban J connectivity index is 1.23. The van der Waals surface area contributed by atoms with Gasteiger partial charge in [0.25, 0.3) is 0 Å². The quantitative estimate of drug-likeness (QED) is 0.770. The van der Waals surface area contributed by atoms with Crippen LogP contribution in [0, 0.1) is 5.92 Å². The van der Waals surface area contributed by atoms with Gasteiger partial charge in [0.1, 0.15) is 13.2 Å². The molecule has 2 atom stereocenters. The number of fused-ring (bicyclic) bond motifs is 1. The van der Waals surface area contributed by atoms with Crippen LogP contribution in [-0.2, 0) is 14.3 Å². The first-order valence-electron chi connectivity index (χ1n) is 10.9. The number of nitrogens with zero attached hydrogens (tertiary/aromatic N) is 2. The maximum absolute atomic E-state index is 13.2. The highest BCUT2D eigenvalue weighted by atomic mass is 16.7. The van der Waals surface area contributed by atoms with Crippen LogP contribution in [0.3, 0.4) is 0 Å². The van der Waals surface area contributed by atoms with Gasteiger partial charge in [0.05, 0.1) is 25.8 Å². The maximum Gasteiger partial charge on any atom is 0.237 e. The second kappa shape index (κ2) is 8.50. The average Bonchev–Trinajstić information content (AvgIpc) is 3.46. The largest absolute Gasteiger partial charge is 0.486 e. The van der Waals surface area contributed by atoms with Crippen LogP contribution in [0.1, 0.15) is 37.3 Å². The van der Waals surface area contributed by atoms with E-state index in [0.717, 1.165) is 62.4 Å². The summed E-state index contributed by atoms with van der Waals surface area (Å²) in [4.78, 5) is 17.5. The van der Waals surface area contributed by atoms with E-state index in [2.05, 4.69) is 21.9 Å². The Morgan fingerprint density at radius 3 is 2.62 bits per heavy atom. The van der Waals surface area contributed by atoms with Crippen molar-refractivity contribution in [2.45, 2.75) is 38.0 Å². The minimum atomic E-state index is -0.0925. The van der Waals surface area contributed by atoms with E-state index in [1.165, 1.54) is 0 Å². The molecule has 1 amide bonds. The van der Waals surface area contributed by atoms with Crippen molar-refractivity contribution in [1.82, 2.24) is 9.80 Å². The Labute approximate surface area is 171 Å². The van der Waals surface area contributed by atoms with E-state index in [-0.39, 0.29) is 18.2 Å². The topological polar surface area (TPSA) is 60.5 Å². The van der Waals surface area contributed by atoms with E-state index < -0.39 is 0 Å². The van der Waals surface area contributed by atoms with Crippen molar-refractivity contribution < 1.29 is 23.7 Å². The van der Waals surface area contributed by atoms with Crippen LogP contribution in [0.2, 0.25) is 0 Å². The Morgan fingerprint density at radius 1 is 0.966 bits per heavy atom. The predicted octanol–water partition coefficient (Wildman–Crippen LogP) is 2.21. The van der Waals surface area contributed by atoms with E-state index in [0.29, 0.717) is 38.9 Å². The molecule has 0 spiro atoms. The van der Waals surface area contributed by atoms with E-state index in [4.69, 9.17) is 18.9 Å². The third-order valence-corrected chi connectivity index (χ3v) is 6.46. The molecular weight excluding hydrogens is 372 g/mol. The van der Waals surface area contributed by atoms with E-state index in [1.54, 1.807) is 0 Å². The minimum absolute atomic E-state index is 0.0925. The highest BCUT2D eigenvalue weighted by Gasteiger charge is 2.35. The lowest BCUT2D eigenvalue weighted by Gasteiger charge is -2.35. The molecule has 2 unspecified atom stereocenters. The summed E-state index contributed by atoms with van der Waals surface area (Å²) < 4.78 is 22.8. The third-order valence-electron chi connectivity index (χ3n) is 6.46. The number of likely N-dealkylation sites (tertiary alicyclic amines) is 2. The molecule has 1 aromatic rings. The van der Waals surface area contributed by atoms with Crippen LogP contribution in [0.4, 0.5) is 0 Å². The number of benzene rings is 1. The van der Waals surface area contributed by atoms with Gasteiger partial charge in [-0.25, -0.2) is 0 Å². The molecule has 158 valence electrons. The molecule has 4 heterocycles. The molecule has 0 radical (unpaired) electrons. The molecule has 4 aliphatic rings. The van der Waals surface area contributed by atoms with Crippen molar-refractivity contribution in [3.63, 3.8) is 0 Å². The van der Waals surface area contributed by atoms with Crippen LogP contribution in [-0.4, -0.2) is 74.6 Å². The molecule has 3 fully saturated rings. The highest BCUT2D eigenvalue weighted by Crippen LogP contribution is 2.38. The van der Waals surface area contributed by atoms with Crippen LogP contribution < -0.4 is 9.47 Å². The molecule has 3 saturated heterocycles. The van der Waals surface area contributed by atoms with Crippen molar-refractivity contribution in [2.24, 2.45) is 5.92 Å². The first kappa shape index (κ1) is 19.2. The number of amides is 1. The zero-order valence-corrected chi connectivity index (χ0v) is 16.9. The predicted molar refractivity (Wildman–Crippen MR) is 106 cm³/mol. The van der Waals surface area contributed by atoms with Gasteiger partial charge in [-0.1, -0.05) is 6.07 Å². The summed E-state index contributed by atoms with van der Waals surface area (Å²) in [5, 5.41) is 0. The van der Waals surface area contributed by atoms with Gasteiger partial charge in [0.15, 0.2) is 17.8 Å². The second-order valence-corrected chi connectivity index (χ2v) is 8.40. The van der Waals surface area contributed by atoms with Crippen molar-refractivity contribution in [3.05, 3.63) is 23.8 Å². The van der Waals surface area contributed by atoms with Gasteiger partial charge in [-0.2, -0.15) is 0 Å². The standard InChI is InChI=1S/C22H30N2O5/c25-21(15-23-7-1-3-17(14-23)22-28-11-12-29-22)24-8-2-4-18(24)16-5-6-19-20(13-16)27-10-9-26-19/h5-6,13,17-18,22H,1-4,7-12,14-15H2. The molecule has 4 aliphatic heterocycles. The van der Waals surface area contributed by atoms with Crippen LogP contribution in [0.5, 0.6) is 11.5 Å². The van der Waals surface area contributed by atoms with Gasteiger partial charge >= 0.3 is 0 Å². The van der Waals surface area contributed by atoms with Crippen molar-refractivity contribution >= 4 is 5.91 Å². The van der Waals surface area contributed by atoms with Gasteiger partial charge in [0.2, 0.25) is 5.91 Å². The lowest BCUT2D eigenvalue weighted by molar-refractivity contribution is -0.136. The lowest BCUT2D eigenvalue weighted by atomic mass is 9.97. The fraction of sp³-hybridized carbons (Fsp3) is 0.682. The van der Waals surface area contributed by atoms with E-state index in [9.17, 15) is 4.79 Å². The van der Waals surface area contributed by atoms with Crippen LogP contribution >= 0.6 is 0 Å². The summed E-state index contributed by atoms with van der Waals surface area (Å²) in [6, 6.07) is 6.23. The smallest absolute Gasteiger partial charge is 0.237 e. The Morgan fingerprint density at radius 2 is 1.76 bits per heavy atom. The lowest BCUT2D eigenvalue weighted by Crippen LogP contribution is -2.46. The number of rotatable bonds is 4.